The van der Waals surface area contributed by atoms with Gasteiger partial charge in [0.2, 0.25) is 0 Å². The number of halogens is 1. The zero-order valence-corrected chi connectivity index (χ0v) is 22.7. The topological polar surface area (TPSA) is 98.0 Å². The van der Waals surface area contributed by atoms with Gasteiger partial charge in [-0.05, 0) is 41.3 Å². The maximum Gasteiger partial charge on any atom is 0.264 e. The van der Waals surface area contributed by atoms with Gasteiger partial charge in [-0.1, -0.05) is 88.7 Å². The van der Waals surface area contributed by atoms with Crippen molar-refractivity contribution in [3.05, 3.63) is 100 Å². The molecule has 3 atom stereocenters. The van der Waals surface area contributed by atoms with Crippen LogP contribution in [0.4, 0.5) is 5.69 Å². The van der Waals surface area contributed by atoms with Crippen molar-refractivity contribution >= 4 is 45.1 Å². The van der Waals surface area contributed by atoms with E-state index in [1.165, 1.54) is 14.9 Å². The fourth-order valence-electron chi connectivity index (χ4n) is 5.34. The molecule has 0 N–H and O–H groups in total. The van der Waals surface area contributed by atoms with E-state index < -0.39 is 23.9 Å². The molecule has 10 heteroatoms. The van der Waals surface area contributed by atoms with Crippen LogP contribution in [0.3, 0.4) is 0 Å². The van der Waals surface area contributed by atoms with Gasteiger partial charge in [0.1, 0.15) is 6.54 Å². The van der Waals surface area contributed by atoms with Crippen LogP contribution in [0.15, 0.2) is 98.8 Å². The minimum absolute atomic E-state index is 0.229. The Hall–Kier alpha value is -4.18. The van der Waals surface area contributed by atoms with Gasteiger partial charge in [0.15, 0.2) is 12.1 Å². The van der Waals surface area contributed by atoms with Crippen LogP contribution in [0.25, 0.3) is 0 Å². The Balaban J connectivity index is 1.26. The summed E-state index contributed by atoms with van der Waals surface area (Å²) in [5.41, 5.74) is 4.10. The van der Waals surface area contributed by atoms with Crippen molar-refractivity contribution < 1.29 is 14.4 Å². The highest BCUT2D eigenvalue weighted by Gasteiger charge is 2.55. The minimum Gasteiger partial charge on any atom is -0.271 e. The Morgan fingerprint density at radius 2 is 1.69 bits per heavy atom. The third kappa shape index (κ3) is 4.44. The maximum atomic E-state index is 13.7. The molecule has 6 rings (SSSR count). The lowest BCUT2D eigenvalue weighted by Gasteiger charge is -2.25. The van der Waals surface area contributed by atoms with E-state index in [1.54, 1.807) is 12.1 Å². The van der Waals surface area contributed by atoms with Crippen molar-refractivity contribution in [2.24, 2.45) is 15.4 Å². The second kappa shape index (κ2) is 10.2. The normalized spacial score (nSPS) is 22.1. The van der Waals surface area contributed by atoms with Crippen LogP contribution < -0.4 is 4.90 Å². The summed E-state index contributed by atoms with van der Waals surface area (Å²) in [6.45, 7) is 1.73. The number of carbonyl (C=O) groups excluding carboxylic acids is 3. The molecule has 0 aromatic heterocycles. The molecular formula is C29H25BrN6O3. The molecule has 3 aliphatic rings. The number of anilines is 1. The highest BCUT2D eigenvalue weighted by Crippen LogP contribution is 2.36. The largest absolute Gasteiger partial charge is 0.271 e. The molecule has 0 aliphatic carbocycles. The summed E-state index contributed by atoms with van der Waals surface area (Å²) in [6, 6.07) is 22.7. The Labute approximate surface area is 233 Å². The minimum atomic E-state index is -0.981. The van der Waals surface area contributed by atoms with Crippen molar-refractivity contribution in [2.75, 3.05) is 11.4 Å². The van der Waals surface area contributed by atoms with Gasteiger partial charge in [-0.25, -0.2) is 9.91 Å². The van der Waals surface area contributed by atoms with E-state index in [0.717, 1.165) is 26.9 Å². The number of benzene rings is 3. The molecule has 196 valence electrons. The quantitative estimate of drug-likeness (QED) is 0.393. The zero-order valence-electron chi connectivity index (χ0n) is 21.1. The van der Waals surface area contributed by atoms with Crippen LogP contribution in [0, 0.1) is 0 Å². The molecular weight excluding hydrogens is 560 g/mol. The summed E-state index contributed by atoms with van der Waals surface area (Å²) in [7, 11) is 0. The third-order valence-corrected chi connectivity index (χ3v) is 7.77. The van der Waals surface area contributed by atoms with Crippen molar-refractivity contribution in [3.63, 3.8) is 0 Å². The molecule has 9 nitrogen and oxygen atoms in total. The first-order chi connectivity index (χ1) is 19.0. The number of rotatable bonds is 6. The van der Waals surface area contributed by atoms with Crippen LogP contribution in [0.1, 0.15) is 36.1 Å². The monoisotopic (exact) mass is 584 g/mol. The van der Waals surface area contributed by atoms with E-state index in [-0.39, 0.29) is 18.5 Å². The van der Waals surface area contributed by atoms with Gasteiger partial charge in [-0.3, -0.25) is 19.4 Å². The summed E-state index contributed by atoms with van der Waals surface area (Å²) in [4.78, 5) is 41.7. The molecule has 0 spiro atoms. The summed E-state index contributed by atoms with van der Waals surface area (Å²) < 4.78 is 0.864. The first-order valence-corrected chi connectivity index (χ1v) is 13.6. The molecule has 0 saturated carbocycles. The summed E-state index contributed by atoms with van der Waals surface area (Å²) in [5.74, 6) is -1.20. The average Bonchev–Trinajstić information content (AvgIpc) is 3.65. The van der Waals surface area contributed by atoms with Gasteiger partial charge in [0.05, 0.1) is 17.4 Å². The van der Waals surface area contributed by atoms with Crippen LogP contribution >= 0.6 is 15.9 Å². The zero-order chi connectivity index (χ0) is 27.1. The maximum absolute atomic E-state index is 13.7. The number of hydrogen-bond donors (Lipinski definition) is 0. The van der Waals surface area contributed by atoms with Crippen molar-refractivity contribution in [2.45, 2.75) is 37.9 Å². The molecule has 0 unspecified atom stereocenters. The van der Waals surface area contributed by atoms with E-state index in [9.17, 15) is 14.4 Å². The van der Waals surface area contributed by atoms with Crippen LogP contribution in [0.2, 0.25) is 0 Å². The van der Waals surface area contributed by atoms with Gasteiger partial charge in [0, 0.05) is 10.9 Å². The number of imide groups is 1. The molecule has 39 heavy (non-hydrogen) atoms. The number of hydrogen-bond acceptors (Lipinski definition) is 7. The highest BCUT2D eigenvalue weighted by atomic mass is 79.9. The smallest absolute Gasteiger partial charge is 0.264 e. The standard InChI is InChI=1S/C29H25BrN6O3/c1-2-18-15-21(30)13-14-23(18)35-28(38)26-27(29(35)39)34(33-31-26)17-25(37)36-24(20-11-7-4-8-12-20)16-22(32-36)19-9-5-3-6-10-19/h3-15,24,26-27H,2,16-17H2,1H3/t24-,26-,27-/m0/s1. The predicted octanol–water partition coefficient (Wildman–Crippen LogP) is 4.68. The van der Waals surface area contributed by atoms with Crippen LogP contribution in [-0.2, 0) is 20.8 Å². The molecule has 3 aliphatic heterocycles. The molecule has 0 bridgehead atoms. The third-order valence-electron chi connectivity index (χ3n) is 7.28. The lowest BCUT2D eigenvalue weighted by Crippen LogP contribution is -2.44. The van der Waals surface area contributed by atoms with Crippen LogP contribution in [-0.4, -0.2) is 52.1 Å². The van der Waals surface area contributed by atoms with Gasteiger partial charge < -0.3 is 0 Å². The summed E-state index contributed by atoms with van der Waals surface area (Å²) in [6.07, 6.45) is 1.20. The van der Waals surface area contributed by atoms with Crippen molar-refractivity contribution in [1.29, 1.82) is 0 Å². The lowest BCUT2D eigenvalue weighted by atomic mass is 9.98. The summed E-state index contributed by atoms with van der Waals surface area (Å²) >= 11 is 3.45. The number of carbonyl (C=O) groups is 3. The predicted molar refractivity (Wildman–Crippen MR) is 149 cm³/mol. The molecule has 1 fully saturated rings. The van der Waals surface area contributed by atoms with E-state index in [4.69, 9.17) is 5.10 Å². The molecule has 3 amide bonds. The van der Waals surface area contributed by atoms with Gasteiger partial charge in [0.25, 0.3) is 17.7 Å². The number of nitrogens with zero attached hydrogens (tertiary/aromatic N) is 6. The van der Waals surface area contributed by atoms with E-state index in [2.05, 4.69) is 26.3 Å². The SMILES string of the molecule is CCc1cc(Br)ccc1N1C(=O)[C@H]2N=NN(CC(=O)N3N=C(c4ccccc4)C[C@H]3c3ccccc3)[C@@H]2C1=O. The number of hydrazone groups is 1. The van der Waals surface area contributed by atoms with E-state index in [1.807, 2.05) is 73.7 Å². The Kier molecular flexibility index (Phi) is 6.56. The fraction of sp³-hybridized carbons (Fsp3) is 0.241. The Morgan fingerprint density at radius 1 is 0.974 bits per heavy atom. The molecule has 3 heterocycles. The Morgan fingerprint density at radius 3 is 2.41 bits per heavy atom. The summed E-state index contributed by atoms with van der Waals surface area (Å²) in [5, 5.41) is 15.7. The van der Waals surface area contributed by atoms with Crippen LogP contribution in [0.5, 0.6) is 0 Å². The lowest BCUT2D eigenvalue weighted by molar-refractivity contribution is -0.135. The fourth-order valence-corrected chi connectivity index (χ4v) is 5.75. The first kappa shape index (κ1) is 25.1. The molecule has 1 saturated heterocycles. The molecule has 3 aromatic rings. The average molecular weight is 585 g/mol. The van der Waals surface area contributed by atoms with Gasteiger partial charge >= 0.3 is 0 Å². The van der Waals surface area contributed by atoms with Crippen molar-refractivity contribution in [1.82, 2.24) is 10.0 Å². The number of amides is 3. The van der Waals surface area contributed by atoms with Gasteiger partial charge in [-0.2, -0.15) is 10.2 Å². The Bertz CT molecular complexity index is 1510. The molecule has 3 aromatic carbocycles. The van der Waals surface area contributed by atoms with Crippen molar-refractivity contribution in [3.8, 4) is 0 Å². The first-order valence-electron chi connectivity index (χ1n) is 12.8. The second-order valence-corrected chi connectivity index (χ2v) is 10.5. The molecule has 0 radical (unpaired) electrons. The van der Waals surface area contributed by atoms with E-state index in [0.29, 0.717) is 18.5 Å². The highest BCUT2D eigenvalue weighted by molar-refractivity contribution is 9.10. The van der Waals surface area contributed by atoms with Gasteiger partial charge in [-0.15, -0.1) is 0 Å². The van der Waals surface area contributed by atoms with E-state index >= 15 is 0 Å². The second-order valence-electron chi connectivity index (χ2n) is 9.61. The number of fused-ring (bicyclic) bond motifs is 1. The number of aryl methyl sites for hydroxylation is 1.